The Balaban J connectivity index is 1.57. The fourth-order valence-corrected chi connectivity index (χ4v) is 3.34. The van der Waals surface area contributed by atoms with E-state index < -0.39 is 11.9 Å². The van der Waals surface area contributed by atoms with Crippen LogP contribution in [0.4, 0.5) is 10.1 Å². The lowest BCUT2D eigenvalue weighted by atomic mass is 10.2. The first-order chi connectivity index (χ1) is 13.9. The molecule has 1 aromatic heterocycles. The lowest BCUT2D eigenvalue weighted by Gasteiger charge is -2.13. The van der Waals surface area contributed by atoms with Gasteiger partial charge in [-0.1, -0.05) is 30.0 Å². The van der Waals surface area contributed by atoms with Crippen LogP contribution in [-0.4, -0.2) is 32.3 Å². The van der Waals surface area contributed by atoms with Crippen molar-refractivity contribution < 1.29 is 14.0 Å². The molecular weight excluding hydrogens is 393 g/mol. The average Bonchev–Trinajstić information content (AvgIpc) is 3.08. The first-order valence-corrected chi connectivity index (χ1v) is 9.86. The van der Waals surface area contributed by atoms with Crippen molar-refractivity contribution in [3.63, 3.8) is 0 Å². The van der Waals surface area contributed by atoms with Crippen LogP contribution in [0.3, 0.4) is 0 Å². The van der Waals surface area contributed by atoms with Crippen LogP contribution in [0.25, 0.3) is 0 Å². The van der Waals surface area contributed by atoms with Gasteiger partial charge in [0.1, 0.15) is 5.82 Å². The van der Waals surface area contributed by atoms with Gasteiger partial charge in [0.25, 0.3) is 5.91 Å². The molecule has 0 fully saturated rings. The highest BCUT2D eigenvalue weighted by molar-refractivity contribution is 7.99. The van der Waals surface area contributed by atoms with Gasteiger partial charge >= 0.3 is 0 Å². The van der Waals surface area contributed by atoms with E-state index in [0.29, 0.717) is 16.5 Å². The zero-order valence-electron chi connectivity index (χ0n) is 15.9. The standard InChI is InChI=1S/C20H20FN5O2S/c1-13(22-19(28)14-8-10-15(21)11-9-14)18-24-25-20(26(18)2)29-12-17(27)23-16-6-4-3-5-7-16/h3-11,13H,12H2,1-2H3,(H,22,28)(H,23,27). The summed E-state index contributed by atoms with van der Waals surface area (Å²) < 4.78 is 14.7. The molecule has 0 aliphatic heterocycles. The largest absolute Gasteiger partial charge is 0.342 e. The first kappa shape index (κ1) is 20.5. The van der Waals surface area contributed by atoms with E-state index in [4.69, 9.17) is 0 Å². The van der Waals surface area contributed by atoms with Crippen molar-refractivity contribution in [3.05, 3.63) is 71.8 Å². The van der Waals surface area contributed by atoms with E-state index >= 15 is 0 Å². The number of benzene rings is 2. The van der Waals surface area contributed by atoms with Crippen molar-refractivity contribution in [2.75, 3.05) is 11.1 Å². The molecule has 0 aliphatic carbocycles. The van der Waals surface area contributed by atoms with Crippen molar-refractivity contribution in [2.24, 2.45) is 7.05 Å². The third-order valence-electron chi connectivity index (χ3n) is 4.10. The molecule has 3 aromatic rings. The number of hydrogen-bond donors (Lipinski definition) is 2. The second-order valence-electron chi connectivity index (χ2n) is 6.30. The molecule has 0 saturated heterocycles. The Morgan fingerprint density at radius 3 is 2.48 bits per heavy atom. The Kier molecular flexibility index (Phi) is 6.61. The number of nitrogens with one attached hydrogen (secondary N) is 2. The molecule has 29 heavy (non-hydrogen) atoms. The minimum atomic E-state index is -0.419. The van der Waals surface area contributed by atoms with Gasteiger partial charge in [0, 0.05) is 18.3 Å². The van der Waals surface area contributed by atoms with Crippen LogP contribution in [-0.2, 0) is 11.8 Å². The third kappa shape index (κ3) is 5.41. The van der Waals surface area contributed by atoms with E-state index in [1.54, 1.807) is 18.5 Å². The second-order valence-corrected chi connectivity index (χ2v) is 7.25. The summed E-state index contributed by atoms with van der Waals surface area (Å²) in [6.45, 7) is 1.78. The molecule has 1 heterocycles. The summed E-state index contributed by atoms with van der Waals surface area (Å²) >= 11 is 1.25. The number of thioether (sulfide) groups is 1. The molecule has 7 nitrogen and oxygen atoms in total. The van der Waals surface area contributed by atoms with Gasteiger partial charge in [-0.15, -0.1) is 10.2 Å². The highest BCUT2D eigenvalue weighted by Gasteiger charge is 2.19. The van der Waals surface area contributed by atoms with E-state index in [-0.39, 0.29) is 17.6 Å². The molecule has 2 aromatic carbocycles. The van der Waals surface area contributed by atoms with Gasteiger partial charge in [-0.3, -0.25) is 9.59 Å². The van der Waals surface area contributed by atoms with Crippen LogP contribution in [0.1, 0.15) is 29.1 Å². The number of anilines is 1. The molecule has 9 heteroatoms. The number of carbonyl (C=O) groups is 2. The lowest BCUT2D eigenvalue weighted by Crippen LogP contribution is -2.28. The number of rotatable bonds is 7. The maximum atomic E-state index is 13.0. The Labute approximate surface area is 171 Å². The topological polar surface area (TPSA) is 88.9 Å². The smallest absolute Gasteiger partial charge is 0.251 e. The molecule has 1 unspecified atom stereocenters. The van der Waals surface area contributed by atoms with Gasteiger partial charge in [0.2, 0.25) is 5.91 Å². The zero-order valence-corrected chi connectivity index (χ0v) is 16.7. The van der Waals surface area contributed by atoms with E-state index in [2.05, 4.69) is 20.8 Å². The fourth-order valence-electron chi connectivity index (χ4n) is 2.62. The summed E-state index contributed by atoms with van der Waals surface area (Å²) in [5, 5.41) is 14.4. The van der Waals surface area contributed by atoms with Crippen molar-refractivity contribution in [1.82, 2.24) is 20.1 Å². The zero-order chi connectivity index (χ0) is 20.8. The Morgan fingerprint density at radius 1 is 1.10 bits per heavy atom. The third-order valence-corrected chi connectivity index (χ3v) is 5.12. The predicted molar refractivity (Wildman–Crippen MR) is 109 cm³/mol. The van der Waals surface area contributed by atoms with E-state index in [1.165, 1.54) is 36.0 Å². The predicted octanol–water partition coefficient (Wildman–Crippen LogP) is 3.18. The first-order valence-electron chi connectivity index (χ1n) is 8.87. The molecule has 2 amide bonds. The highest BCUT2D eigenvalue weighted by Crippen LogP contribution is 2.20. The second kappa shape index (κ2) is 9.33. The SMILES string of the molecule is CC(NC(=O)c1ccc(F)cc1)c1nnc(SCC(=O)Nc2ccccc2)n1C. The summed E-state index contributed by atoms with van der Waals surface area (Å²) in [6, 6.07) is 14.1. The summed E-state index contributed by atoms with van der Waals surface area (Å²) in [6.07, 6.45) is 0. The van der Waals surface area contributed by atoms with Crippen LogP contribution in [0, 0.1) is 5.82 Å². The van der Waals surface area contributed by atoms with Crippen molar-refractivity contribution in [1.29, 1.82) is 0 Å². The molecule has 0 radical (unpaired) electrons. The number of amides is 2. The molecule has 0 spiro atoms. The van der Waals surface area contributed by atoms with Crippen LogP contribution in [0.5, 0.6) is 0 Å². The number of hydrogen-bond acceptors (Lipinski definition) is 5. The number of carbonyl (C=O) groups excluding carboxylic acids is 2. The van der Waals surface area contributed by atoms with Crippen molar-refractivity contribution in [3.8, 4) is 0 Å². The van der Waals surface area contributed by atoms with Crippen LogP contribution in [0.2, 0.25) is 0 Å². The normalized spacial score (nSPS) is 11.7. The fraction of sp³-hybridized carbons (Fsp3) is 0.200. The summed E-state index contributed by atoms with van der Waals surface area (Å²) in [5.41, 5.74) is 1.08. The van der Waals surface area contributed by atoms with Gasteiger partial charge in [-0.05, 0) is 43.3 Å². The molecule has 3 rings (SSSR count). The summed E-state index contributed by atoms with van der Waals surface area (Å²) in [5.74, 6) is -0.162. The van der Waals surface area contributed by atoms with Gasteiger partial charge in [0.15, 0.2) is 11.0 Å². The van der Waals surface area contributed by atoms with Gasteiger partial charge < -0.3 is 15.2 Å². The average molecular weight is 413 g/mol. The number of para-hydroxylation sites is 1. The molecule has 0 bridgehead atoms. The van der Waals surface area contributed by atoms with Gasteiger partial charge in [0.05, 0.1) is 11.8 Å². The number of halogens is 1. The van der Waals surface area contributed by atoms with Gasteiger partial charge in [-0.2, -0.15) is 0 Å². The molecule has 0 aliphatic rings. The Morgan fingerprint density at radius 2 is 1.79 bits per heavy atom. The Bertz CT molecular complexity index is 992. The van der Waals surface area contributed by atoms with Gasteiger partial charge in [-0.25, -0.2) is 4.39 Å². The number of nitrogens with zero attached hydrogens (tertiary/aromatic N) is 3. The molecule has 1 atom stereocenters. The number of aromatic nitrogens is 3. The lowest BCUT2D eigenvalue weighted by molar-refractivity contribution is -0.113. The summed E-state index contributed by atoms with van der Waals surface area (Å²) in [7, 11) is 1.77. The molecule has 2 N–H and O–H groups in total. The minimum absolute atomic E-state index is 0.150. The molecule has 150 valence electrons. The van der Waals surface area contributed by atoms with E-state index in [0.717, 1.165) is 5.69 Å². The van der Waals surface area contributed by atoms with Crippen LogP contribution >= 0.6 is 11.8 Å². The Hall–Kier alpha value is -3.20. The highest BCUT2D eigenvalue weighted by atomic mass is 32.2. The molecule has 0 saturated carbocycles. The van der Waals surface area contributed by atoms with Crippen molar-refractivity contribution in [2.45, 2.75) is 18.1 Å². The molecular formula is C20H20FN5O2S. The van der Waals surface area contributed by atoms with Crippen molar-refractivity contribution >= 4 is 29.3 Å². The summed E-state index contributed by atoms with van der Waals surface area (Å²) in [4.78, 5) is 24.4. The van der Waals surface area contributed by atoms with E-state index in [9.17, 15) is 14.0 Å². The maximum absolute atomic E-state index is 13.0. The quantitative estimate of drug-likeness (QED) is 0.581. The minimum Gasteiger partial charge on any atom is -0.342 e. The van der Waals surface area contributed by atoms with Crippen LogP contribution < -0.4 is 10.6 Å². The maximum Gasteiger partial charge on any atom is 0.251 e. The monoisotopic (exact) mass is 413 g/mol. The van der Waals surface area contributed by atoms with Crippen LogP contribution in [0.15, 0.2) is 59.8 Å². The van der Waals surface area contributed by atoms with E-state index in [1.807, 2.05) is 30.3 Å².